The van der Waals surface area contributed by atoms with Gasteiger partial charge in [-0.05, 0) is 37.6 Å². The van der Waals surface area contributed by atoms with Crippen LogP contribution in [0.4, 0.5) is 10.2 Å². The molecule has 2 aromatic heterocycles. The Morgan fingerprint density at radius 3 is 2.52 bits per heavy atom. The standard InChI is InChI=1S/C17H20FN5/c1-4-10-19-16-15-11(3)22-23(13-8-6-12(18)7-9-13)17(15)21-14(5-2)20-16/h6-9H,4-5,10H2,1-3H3,(H,19,20,21). The molecule has 0 aliphatic rings. The van der Waals surface area contributed by atoms with Crippen molar-refractivity contribution in [3.63, 3.8) is 0 Å². The van der Waals surface area contributed by atoms with E-state index in [-0.39, 0.29) is 5.82 Å². The zero-order chi connectivity index (χ0) is 16.4. The fourth-order valence-corrected chi connectivity index (χ4v) is 2.52. The molecule has 0 saturated heterocycles. The lowest BCUT2D eigenvalue weighted by Gasteiger charge is -2.08. The first-order valence-electron chi connectivity index (χ1n) is 7.90. The van der Waals surface area contributed by atoms with E-state index in [2.05, 4.69) is 27.3 Å². The normalized spacial score (nSPS) is 11.1. The first-order chi connectivity index (χ1) is 11.1. The number of hydrogen-bond acceptors (Lipinski definition) is 4. The van der Waals surface area contributed by atoms with E-state index >= 15 is 0 Å². The number of aryl methyl sites for hydroxylation is 2. The van der Waals surface area contributed by atoms with E-state index < -0.39 is 0 Å². The van der Waals surface area contributed by atoms with Crippen LogP contribution in [-0.4, -0.2) is 26.3 Å². The predicted molar refractivity (Wildman–Crippen MR) is 89.5 cm³/mol. The first kappa shape index (κ1) is 15.4. The monoisotopic (exact) mass is 313 g/mol. The summed E-state index contributed by atoms with van der Waals surface area (Å²) in [5.41, 5.74) is 2.39. The summed E-state index contributed by atoms with van der Waals surface area (Å²) >= 11 is 0. The molecule has 0 aliphatic carbocycles. The van der Waals surface area contributed by atoms with Crippen LogP contribution in [0.2, 0.25) is 0 Å². The van der Waals surface area contributed by atoms with Gasteiger partial charge < -0.3 is 5.32 Å². The zero-order valence-corrected chi connectivity index (χ0v) is 13.6. The van der Waals surface area contributed by atoms with E-state index in [1.54, 1.807) is 16.8 Å². The van der Waals surface area contributed by atoms with Gasteiger partial charge >= 0.3 is 0 Å². The van der Waals surface area contributed by atoms with Gasteiger partial charge in [-0.25, -0.2) is 19.0 Å². The van der Waals surface area contributed by atoms with E-state index in [1.165, 1.54) is 12.1 Å². The van der Waals surface area contributed by atoms with Gasteiger partial charge in [0.1, 0.15) is 17.5 Å². The summed E-state index contributed by atoms with van der Waals surface area (Å²) in [5, 5.41) is 8.86. The molecule has 0 fully saturated rings. The van der Waals surface area contributed by atoms with Crippen molar-refractivity contribution < 1.29 is 4.39 Å². The van der Waals surface area contributed by atoms with E-state index in [0.29, 0.717) is 0 Å². The predicted octanol–water partition coefficient (Wildman–Crippen LogP) is 3.65. The van der Waals surface area contributed by atoms with Crippen LogP contribution >= 0.6 is 0 Å². The van der Waals surface area contributed by atoms with E-state index in [1.807, 2.05) is 13.8 Å². The molecule has 6 heteroatoms. The van der Waals surface area contributed by atoms with Gasteiger partial charge in [-0.1, -0.05) is 13.8 Å². The van der Waals surface area contributed by atoms with Crippen molar-refractivity contribution in [2.45, 2.75) is 33.6 Å². The molecule has 0 radical (unpaired) electrons. The molecule has 0 aliphatic heterocycles. The number of rotatable bonds is 5. The molecule has 1 aromatic carbocycles. The number of benzene rings is 1. The van der Waals surface area contributed by atoms with Crippen LogP contribution in [0.3, 0.4) is 0 Å². The molecule has 5 nitrogen and oxygen atoms in total. The van der Waals surface area contributed by atoms with Crippen LogP contribution in [0.1, 0.15) is 31.8 Å². The lowest BCUT2D eigenvalue weighted by atomic mass is 10.2. The van der Waals surface area contributed by atoms with Crippen LogP contribution in [-0.2, 0) is 6.42 Å². The number of nitrogens with zero attached hydrogens (tertiary/aromatic N) is 4. The number of hydrogen-bond donors (Lipinski definition) is 1. The third-order valence-corrected chi connectivity index (χ3v) is 3.68. The zero-order valence-electron chi connectivity index (χ0n) is 13.6. The average molecular weight is 313 g/mol. The highest BCUT2D eigenvalue weighted by atomic mass is 19.1. The number of anilines is 1. The van der Waals surface area contributed by atoms with Gasteiger partial charge in [-0.3, -0.25) is 0 Å². The summed E-state index contributed by atoms with van der Waals surface area (Å²) < 4.78 is 14.9. The largest absolute Gasteiger partial charge is 0.369 e. The lowest BCUT2D eigenvalue weighted by Crippen LogP contribution is -2.07. The molecular formula is C17H20FN5. The quantitative estimate of drug-likeness (QED) is 0.781. The van der Waals surface area contributed by atoms with Crippen LogP contribution in [0, 0.1) is 12.7 Å². The molecule has 0 atom stereocenters. The van der Waals surface area contributed by atoms with Gasteiger partial charge in [0.2, 0.25) is 0 Å². The van der Waals surface area contributed by atoms with Crippen LogP contribution < -0.4 is 5.32 Å². The van der Waals surface area contributed by atoms with Gasteiger partial charge in [0.05, 0.1) is 16.8 Å². The molecule has 0 bridgehead atoms. The highest BCUT2D eigenvalue weighted by molar-refractivity contribution is 5.90. The molecule has 0 amide bonds. The number of fused-ring (bicyclic) bond motifs is 1. The van der Waals surface area contributed by atoms with E-state index in [4.69, 9.17) is 0 Å². The van der Waals surface area contributed by atoms with E-state index in [9.17, 15) is 4.39 Å². The molecule has 0 spiro atoms. The van der Waals surface area contributed by atoms with Crippen LogP contribution in [0.25, 0.3) is 16.7 Å². The Labute approximate surface area is 134 Å². The van der Waals surface area contributed by atoms with Crippen LogP contribution in [0.15, 0.2) is 24.3 Å². The Kier molecular flexibility index (Phi) is 4.23. The van der Waals surface area contributed by atoms with Crippen molar-refractivity contribution in [3.8, 4) is 5.69 Å². The summed E-state index contributed by atoms with van der Waals surface area (Å²) in [6.45, 7) is 6.92. The van der Waals surface area contributed by atoms with Crippen molar-refractivity contribution in [2.75, 3.05) is 11.9 Å². The second-order valence-corrected chi connectivity index (χ2v) is 5.44. The molecule has 3 aromatic rings. The molecule has 0 unspecified atom stereocenters. The highest BCUT2D eigenvalue weighted by Gasteiger charge is 2.16. The second-order valence-electron chi connectivity index (χ2n) is 5.44. The summed E-state index contributed by atoms with van der Waals surface area (Å²) in [5.74, 6) is 1.31. The van der Waals surface area contributed by atoms with Crippen LogP contribution in [0.5, 0.6) is 0 Å². The van der Waals surface area contributed by atoms with Crippen molar-refractivity contribution in [1.82, 2.24) is 19.7 Å². The third-order valence-electron chi connectivity index (χ3n) is 3.68. The van der Waals surface area contributed by atoms with Crippen molar-refractivity contribution in [1.29, 1.82) is 0 Å². The molecule has 0 saturated carbocycles. The Hall–Kier alpha value is -2.50. The minimum Gasteiger partial charge on any atom is -0.369 e. The molecular weight excluding hydrogens is 293 g/mol. The van der Waals surface area contributed by atoms with Crippen molar-refractivity contribution in [2.24, 2.45) is 0 Å². The lowest BCUT2D eigenvalue weighted by molar-refractivity contribution is 0.627. The highest BCUT2D eigenvalue weighted by Crippen LogP contribution is 2.26. The molecule has 120 valence electrons. The maximum Gasteiger partial charge on any atom is 0.168 e. The molecule has 23 heavy (non-hydrogen) atoms. The first-order valence-corrected chi connectivity index (χ1v) is 7.90. The Bertz CT molecular complexity index is 823. The molecule has 1 N–H and O–H groups in total. The SMILES string of the molecule is CCCNc1nc(CC)nc2c1c(C)nn2-c1ccc(F)cc1. The Morgan fingerprint density at radius 2 is 1.87 bits per heavy atom. The molecule has 2 heterocycles. The number of aromatic nitrogens is 4. The summed E-state index contributed by atoms with van der Waals surface area (Å²) in [4.78, 5) is 9.24. The summed E-state index contributed by atoms with van der Waals surface area (Å²) in [6, 6.07) is 6.26. The third kappa shape index (κ3) is 2.88. The minimum atomic E-state index is -0.267. The number of halogens is 1. The van der Waals surface area contributed by atoms with Gasteiger partial charge in [0.15, 0.2) is 5.65 Å². The minimum absolute atomic E-state index is 0.267. The smallest absolute Gasteiger partial charge is 0.168 e. The second kappa shape index (κ2) is 6.32. The summed E-state index contributed by atoms with van der Waals surface area (Å²) in [6.07, 6.45) is 1.75. The Balaban J connectivity index is 2.22. The van der Waals surface area contributed by atoms with Gasteiger partial charge in [-0.15, -0.1) is 0 Å². The fraction of sp³-hybridized carbons (Fsp3) is 0.353. The topological polar surface area (TPSA) is 55.6 Å². The van der Waals surface area contributed by atoms with Gasteiger partial charge in [0, 0.05) is 13.0 Å². The molecule has 3 rings (SSSR count). The van der Waals surface area contributed by atoms with Gasteiger partial charge in [0.25, 0.3) is 0 Å². The van der Waals surface area contributed by atoms with Crippen molar-refractivity contribution >= 4 is 16.9 Å². The van der Waals surface area contributed by atoms with Gasteiger partial charge in [-0.2, -0.15) is 5.10 Å². The van der Waals surface area contributed by atoms with E-state index in [0.717, 1.165) is 53.4 Å². The fourth-order valence-electron chi connectivity index (χ4n) is 2.52. The maximum absolute atomic E-state index is 13.2. The summed E-state index contributed by atoms with van der Waals surface area (Å²) in [7, 11) is 0. The number of nitrogens with one attached hydrogen (secondary N) is 1. The average Bonchev–Trinajstić information content (AvgIpc) is 2.90. The Morgan fingerprint density at radius 1 is 1.13 bits per heavy atom. The maximum atomic E-state index is 13.2. The van der Waals surface area contributed by atoms with Crippen molar-refractivity contribution in [3.05, 3.63) is 41.6 Å².